The van der Waals surface area contributed by atoms with Crippen molar-refractivity contribution in [3.05, 3.63) is 59.1 Å². The van der Waals surface area contributed by atoms with Crippen LogP contribution >= 0.6 is 11.6 Å². The molecule has 1 saturated heterocycles. The number of nitrogens with zero attached hydrogens (tertiary/aromatic N) is 3. The van der Waals surface area contributed by atoms with Gasteiger partial charge in [-0.25, -0.2) is 4.98 Å². The molecule has 2 heterocycles. The van der Waals surface area contributed by atoms with Gasteiger partial charge in [-0.15, -0.1) is 0 Å². The van der Waals surface area contributed by atoms with Crippen molar-refractivity contribution in [2.75, 3.05) is 51.0 Å². The lowest BCUT2D eigenvalue weighted by molar-refractivity contribution is -0.159. The molecule has 0 unspecified atom stereocenters. The molecule has 1 aliphatic rings. The van der Waals surface area contributed by atoms with Crippen LogP contribution in [0.4, 0.5) is 5.69 Å². The number of unbranched alkanes of at least 4 members (excludes halogenated alkanes) is 1. The molecular weight excluding hydrogens is 502 g/mol. The number of hydrogen-bond acceptors (Lipinski definition) is 7. The van der Waals surface area contributed by atoms with Crippen molar-refractivity contribution in [2.45, 2.75) is 40.5 Å². The summed E-state index contributed by atoms with van der Waals surface area (Å²) < 4.78 is 16.7. The van der Waals surface area contributed by atoms with E-state index in [2.05, 4.69) is 39.9 Å². The highest BCUT2D eigenvalue weighted by atomic mass is 35.5. The average molecular weight is 540 g/mol. The highest BCUT2D eigenvalue weighted by Gasteiger charge is 2.23. The van der Waals surface area contributed by atoms with E-state index in [9.17, 15) is 4.79 Å². The van der Waals surface area contributed by atoms with Crippen LogP contribution in [0, 0.1) is 12.3 Å². The summed E-state index contributed by atoms with van der Waals surface area (Å²) in [6.07, 6.45) is 2.07. The molecule has 0 bridgehead atoms. The Bertz CT molecular complexity index is 1240. The number of hydrogen-bond donors (Lipinski definition) is 0. The summed E-state index contributed by atoms with van der Waals surface area (Å²) >= 11 is 6.52. The highest BCUT2D eigenvalue weighted by molar-refractivity contribution is 6.34. The number of aromatic nitrogens is 1. The molecule has 4 rings (SSSR count). The van der Waals surface area contributed by atoms with Gasteiger partial charge in [0, 0.05) is 43.7 Å². The molecule has 0 amide bonds. The van der Waals surface area contributed by atoms with Crippen LogP contribution in [0.1, 0.15) is 39.2 Å². The zero-order valence-electron chi connectivity index (χ0n) is 22.8. The topological polar surface area (TPSA) is 64.1 Å². The maximum absolute atomic E-state index is 11.9. The first-order chi connectivity index (χ1) is 18.2. The number of halogens is 1. The summed E-state index contributed by atoms with van der Waals surface area (Å²) in [5.74, 6) is 0.870. The third kappa shape index (κ3) is 7.51. The Morgan fingerprint density at radius 3 is 2.53 bits per heavy atom. The number of carbonyl (C=O) groups excluding carboxylic acids is 1. The van der Waals surface area contributed by atoms with Gasteiger partial charge in [-0.2, -0.15) is 0 Å². The lowest BCUT2D eigenvalue weighted by Gasteiger charge is -2.36. The lowest BCUT2D eigenvalue weighted by atomic mass is 9.98. The molecule has 0 spiro atoms. The van der Waals surface area contributed by atoms with Crippen molar-refractivity contribution < 1.29 is 19.0 Å². The number of ether oxygens (including phenoxy) is 3. The summed E-state index contributed by atoms with van der Waals surface area (Å²) in [5, 5.41) is 1.86. The van der Waals surface area contributed by atoms with Crippen LogP contribution in [0.3, 0.4) is 0 Å². The van der Waals surface area contributed by atoms with E-state index in [1.165, 1.54) is 0 Å². The largest absolute Gasteiger partial charge is 0.494 e. The van der Waals surface area contributed by atoms with Gasteiger partial charge in [-0.05, 0) is 76.9 Å². The van der Waals surface area contributed by atoms with Crippen LogP contribution < -0.4 is 14.4 Å². The van der Waals surface area contributed by atoms with Crippen molar-refractivity contribution in [3.63, 3.8) is 0 Å². The number of piperazine rings is 1. The zero-order valence-corrected chi connectivity index (χ0v) is 23.6. The number of anilines is 1. The second-order valence-electron chi connectivity index (χ2n) is 10.7. The number of esters is 1. The van der Waals surface area contributed by atoms with E-state index in [1.54, 1.807) is 26.8 Å². The van der Waals surface area contributed by atoms with Crippen molar-refractivity contribution in [1.82, 2.24) is 9.88 Å². The van der Waals surface area contributed by atoms with Crippen LogP contribution in [0.5, 0.6) is 11.6 Å². The minimum Gasteiger partial charge on any atom is -0.494 e. The van der Waals surface area contributed by atoms with Gasteiger partial charge < -0.3 is 19.1 Å². The monoisotopic (exact) mass is 539 g/mol. The normalized spacial score (nSPS) is 14.5. The van der Waals surface area contributed by atoms with Crippen LogP contribution in [0.25, 0.3) is 10.9 Å². The molecule has 0 radical (unpaired) electrons. The van der Waals surface area contributed by atoms with Crippen LogP contribution in [-0.2, 0) is 9.53 Å². The Labute approximate surface area is 230 Å². The maximum atomic E-state index is 11.9. The molecule has 204 valence electrons. The molecule has 1 aromatic heterocycles. The number of benzene rings is 2. The highest BCUT2D eigenvalue weighted by Crippen LogP contribution is 2.29. The van der Waals surface area contributed by atoms with Gasteiger partial charge in [-0.1, -0.05) is 23.7 Å². The first kappa shape index (κ1) is 28.0. The van der Waals surface area contributed by atoms with E-state index >= 15 is 0 Å². The number of carbonyl (C=O) groups is 1. The first-order valence-electron chi connectivity index (χ1n) is 13.3. The Kier molecular flexibility index (Phi) is 9.34. The Hall–Kier alpha value is -3.03. The first-order valence-corrected chi connectivity index (χ1v) is 13.6. The molecule has 7 nitrogen and oxygen atoms in total. The fourth-order valence-corrected chi connectivity index (χ4v) is 4.57. The van der Waals surface area contributed by atoms with Gasteiger partial charge in [0.1, 0.15) is 5.75 Å². The lowest BCUT2D eigenvalue weighted by Crippen LogP contribution is -2.46. The smallest absolute Gasteiger partial charge is 0.314 e. The van der Waals surface area contributed by atoms with E-state index in [0.29, 0.717) is 12.5 Å². The zero-order chi connectivity index (χ0) is 27.1. The number of fused-ring (bicyclic) bond motifs is 1. The molecule has 0 atom stereocenters. The van der Waals surface area contributed by atoms with Gasteiger partial charge >= 0.3 is 5.97 Å². The van der Waals surface area contributed by atoms with Gasteiger partial charge in [0.15, 0.2) is 0 Å². The molecule has 1 fully saturated rings. The number of rotatable bonds is 10. The molecule has 0 N–H and O–H groups in total. The maximum Gasteiger partial charge on any atom is 0.314 e. The third-order valence-corrected chi connectivity index (χ3v) is 7.16. The van der Waals surface area contributed by atoms with Crippen molar-refractivity contribution in [2.24, 2.45) is 5.41 Å². The van der Waals surface area contributed by atoms with E-state index in [-0.39, 0.29) is 12.8 Å². The van der Waals surface area contributed by atoms with E-state index in [4.69, 9.17) is 25.8 Å². The molecule has 0 saturated carbocycles. The molecule has 1 aliphatic heterocycles. The van der Waals surface area contributed by atoms with Crippen LogP contribution in [0.15, 0.2) is 48.5 Å². The van der Waals surface area contributed by atoms with Crippen LogP contribution in [0.2, 0.25) is 5.02 Å². The van der Waals surface area contributed by atoms with Crippen molar-refractivity contribution in [1.29, 1.82) is 0 Å². The summed E-state index contributed by atoms with van der Waals surface area (Å²) in [6, 6.07) is 15.8. The Morgan fingerprint density at radius 2 is 1.76 bits per heavy atom. The second kappa shape index (κ2) is 12.7. The third-order valence-electron chi connectivity index (χ3n) is 6.67. The predicted molar refractivity (Wildman–Crippen MR) is 152 cm³/mol. The summed E-state index contributed by atoms with van der Waals surface area (Å²) in [4.78, 5) is 21.3. The molecule has 0 aliphatic carbocycles. The minimum absolute atomic E-state index is 0.167. The standard InChI is InChI=1S/C30H38ClN3O4/c1-22-8-7-9-26(28(22)31)34-17-15-33(16-18-34)14-5-6-19-36-24-12-10-23-11-13-27(32-25(23)20-24)37-21-38-29(35)30(2,3)4/h7-13,20H,5-6,14-19,21H2,1-4H3. The molecule has 8 heteroatoms. The SMILES string of the molecule is Cc1cccc(N2CCN(CCCCOc3ccc4ccc(OCOC(=O)C(C)(C)C)nc4c3)CC2)c1Cl. The van der Waals surface area contributed by atoms with Gasteiger partial charge in [0.25, 0.3) is 0 Å². The summed E-state index contributed by atoms with van der Waals surface area (Å²) in [6.45, 7) is 13.1. The Morgan fingerprint density at radius 1 is 1.00 bits per heavy atom. The number of pyridine rings is 1. The van der Waals surface area contributed by atoms with Gasteiger partial charge in [-0.3, -0.25) is 9.69 Å². The fraction of sp³-hybridized carbons (Fsp3) is 0.467. The fourth-order valence-electron chi connectivity index (χ4n) is 4.32. The van der Waals surface area contributed by atoms with E-state index in [0.717, 1.165) is 78.5 Å². The van der Waals surface area contributed by atoms with E-state index in [1.807, 2.05) is 24.3 Å². The Balaban J connectivity index is 1.17. The van der Waals surface area contributed by atoms with Gasteiger partial charge in [0.2, 0.25) is 12.7 Å². The van der Waals surface area contributed by atoms with Gasteiger partial charge in [0.05, 0.1) is 28.2 Å². The predicted octanol–water partition coefficient (Wildman–Crippen LogP) is 6.10. The van der Waals surface area contributed by atoms with E-state index < -0.39 is 5.41 Å². The second-order valence-corrected chi connectivity index (χ2v) is 11.1. The average Bonchev–Trinajstić information content (AvgIpc) is 2.89. The molecule has 2 aromatic carbocycles. The molecule has 38 heavy (non-hydrogen) atoms. The molecule has 3 aromatic rings. The van der Waals surface area contributed by atoms with Crippen molar-refractivity contribution >= 4 is 34.2 Å². The molecular formula is C30H38ClN3O4. The minimum atomic E-state index is -0.572. The summed E-state index contributed by atoms with van der Waals surface area (Å²) in [7, 11) is 0. The van der Waals surface area contributed by atoms with Crippen LogP contribution in [-0.4, -0.2) is 62.0 Å². The van der Waals surface area contributed by atoms with Crippen molar-refractivity contribution in [3.8, 4) is 11.6 Å². The quantitative estimate of drug-likeness (QED) is 0.175. The number of aryl methyl sites for hydroxylation is 1. The summed E-state index contributed by atoms with van der Waals surface area (Å²) in [5.41, 5.74) is 2.47.